The molecule has 0 aliphatic rings. The lowest BCUT2D eigenvalue weighted by atomic mass is 10.1. The summed E-state index contributed by atoms with van der Waals surface area (Å²) >= 11 is 0. The van der Waals surface area contributed by atoms with Crippen molar-refractivity contribution in [1.82, 2.24) is 9.88 Å². The lowest BCUT2D eigenvalue weighted by Crippen LogP contribution is -2.12. The van der Waals surface area contributed by atoms with Crippen molar-refractivity contribution in [1.29, 1.82) is 0 Å². The Balaban J connectivity index is 2.09. The molecule has 0 saturated carbocycles. The molecule has 0 fully saturated rings. The lowest BCUT2D eigenvalue weighted by molar-refractivity contribution is 0.394. The third kappa shape index (κ3) is 3.78. The average molecular weight is 297 g/mol. The summed E-state index contributed by atoms with van der Waals surface area (Å²) in [5, 5.41) is 5.46. The van der Waals surface area contributed by atoms with Crippen LogP contribution in [0, 0.1) is 0 Å². The summed E-state index contributed by atoms with van der Waals surface area (Å²) < 4.78 is 27.7. The minimum atomic E-state index is -3.81. The van der Waals surface area contributed by atoms with Crippen molar-refractivity contribution in [2.75, 3.05) is 20.6 Å². The minimum Gasteiger partial charge on any atom is -0.443 e. The van der Waals surface area contributed by atoms with Gasteiger partial charge in [-0.25, -0.2) is 13.6 Å². The van der Waals surface area contributed by atoms with E-state index < -0.39 is 10.0 Å². The van der Waals surface area contributed by atoms with E-state index in [1.54, 1.807) is 12.3 Å². The molecule has 2 rings (SSSR count). The molecule has 0 bridgehead atoms. The average Bonchev–Trinajstić information content (AvgIpc) is 2.77. The van der Waals surface area contributed by atoms with Crippen LogP contribution in [-0.4, -0.2) is 38.9 Å². The first-order valence-electron chi connectivity index (χ1n) is 6.42. The normalized spacial score (nSPS) is 12.4. The van der Waals surface area contributed by atoms with Gasteiger partial charge in [-0.3, -0.25) is 4.98 Å². The molecule has 6 nitrogen and oxygen atoms in total. The van der Waals surface area contributed by atoms with E-state index in [-0.39, 0.29) is 5.09 Å². The van der Waals surface area contributed by atoms with Crippen LogP contribution in [0.2, 0.25) is 0 Å². The smallest absolute Gasteiger partial charge is 0.271 e. The highest BCUT2D eigenvalue weighted by Gasteiger charge is 2.14. The molecule has 0 radical (unpaired) electrons. The fourth-order valence-electron chi connectivity index (χ4n) is 1.96. The van der Waals surface area contributed by atoms with Crippen molar-refractivity contribution in [3.8, 4) is 0 Å². The quantitative estimate of drug-likeness (QED) is 0.813. The summed E-state index contributed by atoms with van der Waals surface area (Å²) in [4.78, 5) is 6.45. The maximum Gasteiger partial charge on any atom is 0.271 e. The van der Waals surface area contributed by atoms with E-state index in [0.29, 0.717) is 11.0 Å². The molecule has 110 valence electrons. The minimum absolute atomic E-state index is 0.223. The van der Waals surface area contributed by atoms with Gasteiger partial charge in [0.1, 0.15) is 5.58 Å². The fraction of sp³-hybridized carbons (Fsp3) is 0.462. The van der Waals surface area contributed by atoms with Crippen molar-refractivity contribution < 1.29 is 12.8 Å². The van der Waals surface area contributed by atoms with Gasteiger partial charge >= 0.3 is 0 Å². The first kappa shape index (κ1) is 15.0. The van der Waals surface area contributed by atoms with E-state index in [1.165, 1.54) is 6.07 Å². The van der Waals surface area contributed by atoms with Crippen LogP contribution in [0.4, 0.5) is 0 Å². The number of primary sulfonamides is 1. The Bertz CT molecular complexity index is 692. The van der Waals surface area contributed by atoms with Gasteiger partial charge in [0.05, 0.1) is 0 Å². The second-order valence-electron chi connectivity index (χ2n) is 5.08. The number of aryl methyl sites for hydroxylation is 1. The van der Waals surface area contributed by atoms with E-state index in [1.807, 2.05) is 14.1 Å². The first-order chi connectivity index (χ1) is 9.36. The maximum absolute atomic E-state index is 11.2. The summed E-state index contributed by atoms with van der Waals surface area (Å²) in [5.41, 5.74) is 1.40. The van der Waals surface area contributed by atoms with Crippen LogP contribution >= 0.6 is 0 Å². The molecule has 0 spiro atoms. The summed E-state index contributed by atoms with van der Waals surface area (Å²) in [6.07, 6.45) is 4.58. The monoisotopic (exact) mass is 297 g/mol. The van der Waals surface area contributed by atoms with Crippen molar-refractivity contribution in [2.45, 2.75) is 24.4 Å². The predicted octanol–water partition coefficient (Wildman–Crippen LogP) is 1.36. The topological polar surface area (TPSA) is 89.4 Å². The van der Waals surface area contributed by atoms with Crippen molar-refractivity contribution in [3.05, 3.63) is 24.0 Å². The van der Waals surface area contributed by atoms with E-state index in [4.69, 9.17) is 9.56 Å². The molecule has 0 aliphatic heterocycles. The van der Waals surface area contributed by atoms with Gasteiger partial charge in [0.2, 0.25) is 5.09 Å². The molecule has 0 atom stereocenters. The highest BCUT2D eigenvalue weighted by atomic mass is 32.2. The van der Waals surface area contributed by atoms with E-state index in [0.717, 1.165) is 31.5 Å². The van der Waals surface area contributed by atoms with Crippen LogP contribution in [-0.2, 0) is 16.4 Å². The molecule has 7 heteroatoms. The lowest BCUT2D eigenvalue weighted by Gasteiger charge is -2.08. The molecule has 20 heavy (non-hydrogen) atoms. The van der Waals surface area contributed by atoms with Gasteiger partial charge < -0.3 is 9.32 Å². The Morgan fingerprint density at radius 1 is 1.30 bits per heavy atom. The SMILES string of the molecule is CN(C)CCCCc1cc2oc(S(N)(=O)=O)cc2cn1. The maximum atomic E-state index is 11.2. The number of nitrogens with two attached hydrogens (primary N) is 1. The second-order valence-corrected chi connectivity index (χ2v) is 6.58. The number of furan rings is 1. The van der Waals surface area contributed by atoms with Gasteiger partial charge in [0.15, 0.2) is 0 Å². The van der Waals surface area contributed by atoms with E-state index >= 15 is 0 Å². The van der Waals surface area contributed by atoms with Crippen LogP contribution in [0.1, 0.15) is 18.5 Å². The standard InChI is InChI=1S/C13H19N3O3S/c1-16(2)6-4-3-5-11-8-12-10(9-15-11)7-13(19-12)20(14,17)18/h7-9H,3-6H2,1-2H3,(H2,14,17,18). The number of sulfonamides is 1. The number of nitrogens with zero attached hydrogens (tertiary/aromatic N) is 2. The molecular weight excluding hydrogens is 278 g/mol. The molecular formula is C13H19N3O3S. The van der Waals surface area contributed by atoms with Crippen LogP contribution in [0.15, 0.2) is 27.8 Å². The molecule has 0 aromatic carbocycles. The Hall–Kier alpha value is -1.44. The van der Waals surface area contributed by atoms with Crippen LogP contribution in [0.25, 0.3) is 11.0 Å². The third-order valence-corrected chi connectivity index (χ3v) is 3.77. The van der Waals surface area contributed by atoms with Crippen molar-refractivity contribution >= 4 is 21.0 Å². The van der Waals surface area contributed by atoms with Gasteiger partial charge in [-0.05, 0) is 39.9 Å². The molecule has 0 amide bonds. The Kier molecular flexibility index (Phi) is 4.42. The van der Waals surface area contributed by atoms with E-state index in [2.05, 4.69) is 9.88 Å². The molecule has 0 aliphatic carbocycles. The number of hydrogen-bond acceptors (Lipinski definition) is 5. The van der Waals surface area contributed by atoms with Gasteiger partial charge in [-0.2, -0.15) is 0 Å². The summed E-state index contributed by atoms with van der Waals surface area (Å²) in [6.45, 7) is 1.04. The molecule has 0 saturated heterocycles. The molecule has 2 aromatic heterocycles. The third-order valence-electron chi connectivity index (χ3n) is 3.00. The van der Waals surface area contributed by atoms with Crippen molar-refractivity contribution in [3.63, 3.8) is 0 Å². The van der Waals surface area contributed by atoms with Gasteiger partial charge in [0.25, 0.3) is 10.0 Å². The largest absolute Gasteiger partial charge is 0.443 e. The fourth-order valence-corrected chi connectivity index (χ4v) is 2.46. The molecule has 2 N–H and O–H groups in total. The van der Waals surface area contributed by atoms with Crippen LogP contribution < -0.4 is 5.14 Å². The highest BCUT2D eigenvalue weighted by molar-refractivity contribution is 7.89. The zero-order chi connectivity index (χ0) is 14.8. The number of fused-ring (bicyclic) bond motifs is 1. The number of unbranched alkanes of at least 4 members (excludes halogenated alkanes) is 1. The Labute approximate surface area is 118 Å². The zero-order valence-electron chi connectivity index (χ0n) is 11.7. The summed E-state index contributed by atoms with van der Waals surface area (Å²) in [5.74, 6) is 0. The number of hydrogen-bond donors (Lipinski definition) is 1. The molecule has 2 aromatic rings. The highest BCUT2D eigenvalue weighted by Crippen LogP contribution is 2.22. The Morgan fingerprint density at radius 3 is 2.70 bits per heavy atom. The van der Waals surface area contributed by atoms with Gasteiger partial charge in [-0.1, -0.05) is 0 Å². The number of rotatable bonds is 6. The summed E-state index contributed by atoms with van der Waals surface area (Å²) in [6, 6.07) is 3.17. The van der Waals surface area contributed by atoms with Gasteiger partial charge in [0, 0.05) is 29.4 Å². The Morgan fingerprint density at radius 2 is 2.05 bits per heavy atom. The first-order valence-corrected chi connectivity index (χ1v) is 7.97. The van der Waals surface area contributed by atoms with Crippen LogP contribution in [0.3, 0.4) is 0 Å². The zero-order valence-corrected chi connectivity index (χ0v) is 12.5. The second kappa shape index (κ2) is 5.90. The predicted molar refractivity (Wildman–Crippen MR) is 76.9 cm³/mol. The van der Waals surface area contributed by atoms with Gasteiger partial charge in [-0.15, -0.1) is 0 Å². The van der Waals surface area contributed by atoms with Crippen LogP contribution in [0.5, 0.6) is 0 Å². The number of aromatic nitrogens is 1. The molecule has 2 heterocycles. The summed E-state index contributed by atoms with van der Waals surface area (Å²) in [7, 11) is 0.279. The number of pyridine rings is 1. The molecule has 0 unspecified atom stereocenters. The van der Waals surface area contributed by atoms with E-state index in [9.17, 15) is 8.42 Å². The van der Waals surface area contributed by atoms with Crippen molar-refractivity contribution in [2.24, 2.45) is 5.14 Å².